The van der Waals surface area contributed by atoms with Gasteiger partial charge in [-0.2, -0.15) is 5.10 Å². The Balaban J connectivity index is 1.69. The Labute approximate surface area is 171 Å². The number of rotatable bonds is 5. The molecule has 0 unspecified atom stereocenters. The van der Waals surface area contributed by atoms with E-state index in [-0.39, 0.29) is 11.7 Å². The van der Waals surface area contributed by atoms with E-state index in [1.165, 1.54) is 42.9 Å². The summed E-state index contributed by atoms with van der Waals surface area (Å²) in [6.07, 6.45) is 6.35. The van der Waals surface area contributed by atoms with E-state index in [1.807, 2.05) is 25.1 Å². The van der Waals surface area contributed by atoms with Crippen molar-refractivity contribution in [3.63, 3.8) is 0 Å². The highest BCUT2D eigenvalue weighted by Gasteiger charge is 2.21. The van der Waals surface area contributed by atoms with Crippen molar-refractivity contribution < 1.29 is 14.0 Å². The third kappa shape index (κ3) is 3.60. The monoisotopic (exact) mass is 400 g/mol. The van der Waals surface area contributed by atoms with Gasteiger partial charge in [-0.3, -0.25) is 14.6 Å². The van der Waals surface area contributed by atoms with Gasteiger partial charge in [0.05, 0.1) is 17.4 Å². The molecule has 1 N–H and O–H groups in total. The van der Waals surface area contributed by atoms with Crippen LogP contribution in [0.1, 0.15) is 37.5 Å². The second-order valence-corrected chi connectivity index (χ2v) is 6.61. The minimum atomic E-state index is -0.402. The van der Waals surface area contributed by atoms with Gasteiger partial charge in [-0.25, -0.2) is 9.82 Å². The average molecular weight is 400 g/mol. The van der Waals surface area contributed by atoms with Crippen LogP contribution in [0.4, 0.5) is 4.39 Å². The van der Waals surface area contributed by atoms with Crippen LogP contribution in [0, 0.1) is 12.7 Å². The first kappa shape index (κ1) is 19.2. The third-order valence-electron chi connectivity index (χ3n) is 4.76. The quantitative estimate of drug-likeness (QED) is 0.315. The van der Waals surface area contributed by atoms with Crippen molar-refractivity contribution in [2.24, 2.45) is 5.10 Å². The number of hydrazone groups is 1. The highest BCUT2D eigenvalue weighted by Crippen LogP contribution is 2.24. The lowest BCUT2D eigenvalue weighted by Crippen LogP contribution is -2.17. The average Bonchev–Trinajstić information content (AvgIpc) is 3.06. The summed E-state index contributed by atoms with van der Waals surface area (Å²) in [5.41, 5.74) is 5.94. The predicted molar refractivity (Wildman–Crippen MR) is 111 cm³/mol. The SMILES string of the molecule is Cc1c(C=NNC(=O)c2ccncc2)c2ccccn2c1C(=O)c1ccc(F)cc1. The number of benzene rings is 1. The van der Waals surface area contributed by atoms with Gasteiger partial charge in [0, 0.05) is 35.3 Å². The lowest BCUT2D eigenvalue weighted by Gasteiger charge is -2.04. The summed E-state index contributed by atoms with van der Waals surface area (Å²) >= 11 is 0. The van der Waals surface area contributed by atoms with Crippen molar-refractivity contribution in [1.29, 1.82) is 0 Å². The maximum Gasteiger partial charge on any atom is 0.271 e. The highest BCUT2D eigenvalue weighted by atomic mass is 19.1. The maximum absolute atomic E-state index is 13.2. The van der Waals surface area contributed by atoms with Gasteiger partial charge in [0.15, 0.2) is 0 Å². The van der Waals surface area contributed by atoms with Crippen LogP contribution in [0.15, 0.2) is 78.3 Å². The first-order chi connectivity index (χ1) is 14.6. The van der Waals surface area contributed by atoms with Gasteiger partial charge in [-0.15, -0.1) is 0 Å². The fourth-order valence-electron chi connectivity index (χ4n) is 3.26. The van der Waals surface area contributed by atoms with Crippen molar-refractivity contribution in [2.75, 3.05) is 0 Å². The lowest BCUT2D eigenvalue weighted by molar-refractivity contribution is 0.0954. The maximum atomic E-state index is 13.2. The normalized spacial score (nSPS) is 11.1. The second kappa shape index (κ2) is 8.08. The van der Waals surface area contributed by atoms with Crippen LogP contribution in [-0.2, 0) is 0 Å². The number of nitrogens with one attached hydrogen (secondary N) is 1. The first-order valence-electron chi connectivity index (χ1n) is 9.19. The van der Waals surface area contributed by atoms with Gasteiger partial charge in [0.1, 0.15) is 5.82 Å². The van der Waals surface area contributed by atoms with Crippen molar-refractivity contribution in [3.05, 3.63) is 107 Å². The molecule has 0 atom stereocenters. The molecule has 0 aliphatic carbocycles. The molecule has 3 heterocycles. The van der Waals surface area contributed by atoms with E-state index in [0.29, 0.717) is 27.9 Å². The summed E-state index contributed by atoms with van der Waals surface area (Å²) in [5.74, 6) is -0.993. The number of hydrogen-bond acceptors (Lipinski definition) is 4. The summed E-state index contributed by atoms with van der Waals surface area (Å²) in [5, 5.41) is 4.07. The van der Waals surface area contributed by atoms with Crippen LogP contribution in [0.3, 0.4) is 0 Å². The molecule has 0 aliphatic rings. The standard InChI is InChI=1S/C23H17FN4O2/c1-15-19(14-26-27-23(30)17-9-11-25-12-10-17)20-4-2-3-13-28(20)21(15)22(29)16-5-7-18(24)8-6-16/h2-14H,1H3,(H,27,30). The van der Waals surface area contributed by atoms with Gasteiger partial charge in [-0.05, 0) is 61.0 Å². The van der Waals surface area contributed by atoms with E-state index in [1.54, 1.807) is 22.7 Å². The Morgan fingerprint density at radius 2 is 1.77 bits per heavy atom. The number of pyridine rings is 2. The minimum Gasteiger partial charge on any atom is -0.313 e. The molecule has 0 bridgehead atoms. The van der Waals surface area contributed by atoms with Crippen molar-refractivity contribution in [3.8, 4) is 0 Å². The molecule has 3 aromatic heterocycles. The molecule has 0 saturated heterocycles. The van der Waals surface area contributed by atoms with Crippen LogP contribution in [0.5, 0.6) is 0 Å². The smallest absolute Gasteiger partial charge is 0.271 e. The molecule has 6 nitrogen and oxygen atoms in total. The molecule has 148 valence electrons. The van der Waals surface area contributed by atoms with Gasteiger partial charge >= 0.3 is 0 Å². The topological polar surface area (TPSA) is 75.8 Å². The van der Waals surface area contributed by atoms with E-state index in [4.69, 9.17) is 0 Å². The van der Waals surface area contributed by atoms with Gasteiger partial charge in [0.2, 0.25) is 5.78 Å². The molecule has 1 aromatic carbocycles. The minimum absolute atomic E-state index is 0.228. The number of carbonyl (C=O) groups excluding carboxylic acids is 2. The molecule has 1 amide bonds. The zero-order valence-corrected chi connectivity index (χ0v) is 16.0. The van der Waals surface area contributed by atoms with Gasteiger partial charge in [0.25, 0.3) is 5.91 Å². The third-order valence-corrected chi connectivity index (χ3v) is 4.76. The van der Waals surface area contributed by atoms with E-state index < -0.39 is 5.82 Å². The van der Waals surface area contributed by atoms with Crippen LogP contribution in [0.25, 0.3) is 5.52 Å². The van der Waals surface area contributed by atoms with E-state index in [2.05, 4.69) is 15.5 Å². The van der Waals surface area contributed by atoms with Gasteiger partial charge < -0.3 is 4.40 Å². The Bertz CT molecular complexity index is 1260. The molecule has 0 aliphatic heterocycles. The molecular formula is C23H17FN4O2. The fraction of sp³-hybridized carbons (Fsp3) is 0.0435. The highest BCUT2D eigenvalue weighted by molar-refractivity contribution is 6.12. The Morgan fingerprint density at radius 3 is 2.50 bits per heavy atom. The zero-order valence-electron chi connectivity index (χ0n) is 16.0. The number of carbonyl (C=O) groups is 2. The molecule has 30 heavy (non-hydrogen) atoms. The predicted octanol–water partition coefficient (Wildman–Crippen LogP) is 3.78. The van der Waals surface area contributed by atoms with Crippen molar-refractivity contribution in [1.82, 2.24) is 14.8 Å². The first-order valence-corrected chi connectivity index (χ1v) is 9.19. The summed E-state index contributed by atoms with van der Waals surface area (Å²) in [7, 11) is 0. The molecule has 4 aromatic rings. The molecule has 0 spiro atoms. The molecule has 0 radical (unpaired) electrons. The summed E-state index contributed by atoms with van der Waals surface area (Å²) in [6.45, 7) is 1.82. The molecular weight excluding hydrogens is 383 g/mol. The summed E-state index contributed by atoms with van der Waals surface area (Å²) in [4.78, 5) is 29.2. The van der Waals surface area contributed by atoms with Crippen LogP contribution < -0.4 is 5.43 Å². The Morgan fingerprint density at radius 1 is 1.03 bits per heavy atom. The Hall–Kier alpha value is -4.13. The lowest BCUT2D eigenvalue weighted by atomic mass is 10.0. The molecule has 7 heteroatoms. The number of aromatic nitrogens is 2. The Kier molecular flexibility index (Phi) is 5.17. The van der Waals surface area contributed by atoms with Crippen LogP contribution >= 0.6 is 0 Å². The summed E-state index contributed by atoms with van der Waals surface area (Å²) in [6, 6.07) is 14.1. The van der Waals surface area contributed by atoms with Crippen molar-refractivity contribution in [2.45, 2.75) is 6.92 Å². The second-order valence-electron chi connectivity index (χ2n) is 6.61. The number of fused-ring (bicyclic) bond motifs is 1. The number of ketones is 1. The largest absolute Gasteiger partial charge is 0.313 e. The summed E-state index contributed by atoms with van der Waals surface area (Å²) < 4.78 is 15.0. The number of nitrogens with zero attached hydrogens (tertiary/aromatic N) is 3. The van der Waals surface area contributed by atoms with Crippen LogP contribution in [-0.4, -0.2) is 27.3 Å². The zero-order chi connectivity index (χ0) is 21.1. The van der Waals surface area contributed by atoms with Crippen molar-refractivity contribution >= 4 is 23.4 Å². The molecule has 4 rings (SSSR count). The number of halogens is 1. The van der Waals surface area contributed by atoms with Gasteiger partial charge in [-0.1, -0.05) is 6.07 Å². The van der Waals surface area contributed by atoms with E-state index >= 15 is 0 Å². The van der Waals surface area contributed by atoms with E-state index in [9.17, 15) is 14.0 Å². The molecule has 0 fully saturated rings. The van der Waals surface area contributed by atoms with Crippen LogP contribution in [0.2, 0.25) is 0 Å². The fourth-order valence-corrected chi connectivity index (χ4v) is 3.26. The number of amides is 1. The molecule has 0 saturated carbocycles. The van der Waals surface area contributed by atoms with E-state index in [0.717, 1.165) is 5.52 Å². The number of hydrogen-bond donors (Lipinski definition) is 1.